The number of halogens is 1. The molecule has 0 aliphatic carbocycles. The fourth-order valence-electron chi connectivity index (χ4n) is 2.71. The molecule has 1 fully saturated rings. The van der Waals surface area contributed by atoms with Crippen LogP contribution in [0.2, 0.25) is 0 Å². The highest BCUT2D eigenvalue weighted by molar-refractivity contribution is 8.00. The molecule has 1 amide bonds. The minimum atomic E-state index is 0. The quantitative estimate of drug-likeness (QED) is 0.760. The second-order valence-corrected chi connectivity index (χ2v) is 6.62. The second-order valence-electron chi connectivity index (χ2n) is 5.57. The molecule has 0 saturated carbocycles. The monoisotopic (exact) mass is 358 g/mol. The zero-order valence-corrected chi connectivity index (χ0v) is 15.5. The van der Waals surface area contributed by atoms with Crippen molar-refractivity contribution in [3.8, 4) is 5.75 Å². The maximum Gasteiger partial charge on any atom is 0.232 e. The van der Waals surface area contributed by atoms with E-state index in [4.69, 9.17) is 4.74 Å². The van der Waals surface area contributed by atoms with Crippen molar-refractivity contribution < 1.29 is 9.53 Å². The van der Waals surface area contributed by atoms with E-state index in [9.17, 15) is 4.79 Å². The molecule has 0 unspecified atom stereocenters. The van der Waals surface area contributed by atoms with Crippen molar-refractivity contribution in [3.05, 3.63) is 24.3 Å². The summed E-state index contributed by atoms with van der Waals surface area (Å²) in [6.07, 6.45) is 2.22. The van der Waals surface area contributed by atoms with Gasteiger partial charge < -0.3 is 15.0 Å². The van der Waals surface area contributed by atoms with Crippen LogP contribution in [0.1, 0.15) is 19.8 Å². The topological polar surface area (TPSA) is 41.6 Å². The Hall–Kier alpha value is -0.910. The summed E-state index contributed by atoms with van der Waals surface area (Å²) in [6, 6.07) is 7.95. The first-order chi connectivity index (χ1) is 10.7. The number of carbonyl (C=O) groups is 1. The summed E-state index contributed by atoms with van der Waals surface area (Å²) in [4.78, 5) is 15.4. The van der Waals surface area contributed by atoms with Gasteiger partial charge in [-0.2, -0.15) is 0 Å². The normalized spacial score (nSPS) is 15.1. The Labute approximate surface area is 149 Å². The number of rotatable bonds is 7. The van der Waals surface area contributed by atoms with Gasteiger partial charge in [0, 0.05) is 18.0 Å². The van der Waals surface area contributed by atoms with Gasteiger partial charge in [0.25, 0.3) is 0 Å². The number of thioether (sulfide) groups is 1. The largest absolute Gasteiger partial charge is 0.494 e. The van der Waals surface area contributed by atoms with E-state index in [1.165, 1.54) is 0 Å². The van der Waals surface area contributed by atoms with E-state index in [0.717, 1.165) is 43.1 Å². The lowest BCUT2D eigenvalue weighted by molar-refractivity contribution is -0.129. The van der Waals surface area contributed by atoms with Crippen molar-refractivity contribution in [2.75, 3.05) is 39.0 Å². The number of piperidine rings is 1. The Morgan fingerprint density at radius 1 is 1.30 bits per heavy atom. The number of benzene rings is 1. The SMILES string of the molecule is CCOc1ccc(SCC(=O)N2CCC(CNC)CC2)cc1.Cl. The van der Waals surface area contributed by atoms with Crippen LogP contribution < -0.4 is 10.1 Å². The molecule has 2 rings (SSSR count). The molecule has 23 heavy (non-hydrogen) atoms. The van der Waals surface area contributed by atoms with Gasteiger partial charge in [-0.05, 0) is 63.5 Å². The molecule has 1 aromatic rings. The third-order valence-corrected chi connectivity index (χ3v) is 4.95. The summed E-state index contributed by atoms with van der Waals surface area (Å²) in [5.41, 5.74) is 0. The average molecular weight is 359 g/mol. The minimum Gasteiger partial charge on any atom is -0.494 e. The summed E-state index contributed by atoms with van der Waals surface area (Å²) >= 11 is 1.60. The van der Waals surface area contributed by atoms with E-state index < -0.39 is 0 Å². The molecule has 1 aliphatic rings. The van der Waals surface area contributed by atoms with Crippen LogP contribution in [-0.2, 0) is 4.79 Å². The van der Waals surface area contributed by atoms with Gasteiger partial charge in [0.05, 0.1) is 12.4 Å². The van der Waals surface area contributed by atoms with Crippen molar-refractivity contribution in [1.29, 1.82) is 0 Å². The molecular weight excluding hydrogens is 332 g/mol. The van der Waals surface area contributed by atoms with E-state index in [0.29, 0.717) is 18.3 Å². The maximum absolute atomic E-state index is 12.3. The van der Waals surface area contributed by atoms with Crippen LogP contribution in [0.25, 0.3) is 0 Å². The molecule has 1 aliphatic heterocycles. The van der Waals surface area contributed by atoms with Crippen molar-refractivity contribution in [3.63, 3.8) is 0 Å². The summed E-state index contributed by atoms with van der Waals surface area (Å²) in [6.45, 7) is 5.50. The van der Waals surface area contributed by atoms with Gasteiger partial charge in [0.2, 0.25) is 5.91 Å². The highest BCUT2D eigenvalue weighted by atomic mass is 35.5. The van der Waals surface area contributed by atoms with E-state index in [1.54, 1.807) is 11.8 Å². The number of carbonyl (C=O) groups excluding carboxylic acids is 1. The predicted octanol–water partition coefficient (Wildman–Crippen LogP) is 3.06. The zero-order valence-electron chi connectivity index (χ0n) is 13.9. The molecule has 130 valence electrons. The minimum absolute atomic E-state index is 0. The molecule has 1 saturated heterocycles. The lowest BCUT2D eigenvalue weighted by atomic mass is 9.97. The van der Waals surface area contributed by atoms with Crippen LogP contribution in [0.4, 0.5) is 0 Å². The Kier molecular flexibility index (Phi) is 9.44. The smallest absolute Gasteiger partial charge is 0.232 e. The molecule has 6 heteroatoms. The van der Waals surface area contributed by atoms with Gasteiger partial charge in [-0.1, -0.05) is 0 Å². The Morgan fingerprint density at radius 3 is 2.52 bits per heavy atom. The van der Waals surface area contributed by atoms with Crippen LogP contribution >= 0.6 is 24.2 Å². The fraction of sp³-hybridized carbons (Fsp3) is 0.588. The maximum atomic E-state index is 12.3. The molecule has 0 aromatic heterocycles. The van der Waals surface area contributed by atoms with Gasteiger partial charge in [-0.15, -0.1) is 24.2 Å². The lowest BCUT2D eigenvalue weighted by Crippen LogP contribution is -2.41. The summed E-state index contributed by atoms with van der Waals surface area (Å²) in [5, 5.41) is 3.22. The molecule has 0 atom stereocenters. The van der Waals surface area contributed by atoms with E-state index >= 15 is 0 Å². The Balaban J connectivity index is 0.00000264. The van der Waals surface area contributed by atoms with Gasteiger partial charge in [0.15, 0.2) is 0 Å². The zero-order chi connectivity index (χ0) is 15.8. The third-order valence-electron chi connectivity index (χ3n) is 3.96. The number of nitrogens with zero attached hydrogens (tertiary/aromatic N) is 1. The third kappa shape index (κ3) is 6.61. The van der Waals surface area contributed by atoms with Gasteiger partial charge in [-0.3, -0.25) is 4.79 Å². The van der Waals surface area contributed by atoms with Gasteiger partial charge in [0.1, 0.15) is 5.75 Å². The fourth-order valence-corrected chi connectivity index (χ4v) is 3.51. The van der Waals surface area contributed by atoms with Gasteiger partial charge in [-0.25, -0.2) is 0 Å². The van der Waals surface area contributed by atoms with Gasteiger partial charge >= 0.3 is 0 Å². The first kappa shape index (κ1) is 20.1. The standard InChI is InChI=1S/C17H26N2O2S.ClH/c1-3-21-15-4-6-16(7-5-15)22-13-17(20)19-10-8-14(9-11-19)12-18-2;/h4-7,14,18H,3,8-13H2,1-2H3;1H. The molecule has 1 aromatic carbocycles. The van der Waals surface area contributed by atoms with Crippen molar-refractivity contribution in [2.24, 2.45) is 5.92 Å². The number of hydrogen-bond donors (Lipinski definition) is 1. The highest BCUT2D eigenvalue weighted by Gasteiger charge is 2.22. The van der Waals surface area contributed by atoms with Crippen molar-refractivity contribution in [2.45, 2.75) is 24.7 Å². The molecule has 1 N–H and O–H groups in total. The highest BCUT2D eigenvalue weighted by Crippen LogP contribution is 2.23. The molecule has 4 nitrogen and oxygen atoms in total. The summed E-state index contributed by atoms with van der Waals surface area (Å²) in [7, 11) is 1.99. The van der Waals surface area contributed by atoms with Crippen molar-refractivity contribution in [1.82, 2.24) is 10.2 Å². The average Bonchev–Trinajstić information content (AvgIpc) is 2.55. The summed E-state index contributed by atoms with van der Waals surface area (Å²) < 4.78 is 5.42. The van der Waals surface area contributed by atoms with Crippen LogP contribution in [-0.4, -0.2) is 49.8 Å². The Bertz CT molecular complexity index is 462. The van der Waals surface area contributed by atoms with Crippen LogP contribution in [0.15, 0.2) is 29.2 Å². The van der Waals surface area contributed by atoms with Crippen LogP contribution in [0.3, 0.4) is 0 Å². The summed E-state index contributed by atoms with van der Waals surface area (Å²) in [5.74, 6) is 2.37. The second kappa shape index (κ2) is 10.8. The number of amides is 1. The van der Waals surface area contributed by atoms with E-state index in [1.807, 2.05) is 43.1 Å². The van der Waals surface area contributed by atoms with Crippen LogP contribution in [0.5, 0.6) is 5.75 Å². The van der Waals surface area contributed by atoms with E-state index in [2.05, 4.69) is 5.32 Å². The van der Waals surface area contributed by atoms with Crippen molar-refractivity contribution >= 4 is 30.1 Å². The predicted molar refractivity (Wildman–Crippen MR) is 98.8 cm³/mol. The molecule has 0 spiro atoms. The Morgan fingerprint density at radius 2 is 1.96 bits per heavy atom. The van der Waals surface area contributed by atoms with Crippen LogP contribution in [0, 0.1) is 5.92 Å². The molecule has 0 bridgehead atoms. The first-order valence-electron chi connectivity index (χ1n) is 8.01. The van der Waals surface area contributed by atoms with E-state index in [-0.39, 0.29) is 18.3 Å². The number of likely N-dealkylation sites (tertiary alicyclic amines) is 1. The number of ether oxygens (including phenoxy) is 1. The number of nitrogens with one attached hydrogen (secondary N) is 1. The first-order valence-corrected chi connectivity index (χ1v) is 8.99. The number of hydrogen-bond acceptors (Lipinski definition) is 4. The molecule has 0 radical (unpaired) electrons. The molecule has 1 heterocycles. The lowest BCUT2D eigenvalue weighted by Gasteiger charge is -2.31. The molecular formula is C17H27ClN2O2S.